The first-order valence-electron chi connectivity index (χ1n) is 4.59. The Labute approximate surface area is 77.5 Å². The fourth-order valence-electron chi connectivity index (χ4n) is 1.75. The molecule has 0 aliphatic heterocycles. The quantitative estimate of drug-likeness (QED) is 0.621. The van der Waals surface area contributed by atoms with Crippen molar-refractivity contribution in [3.05, 3.63) is 0 Å². The van der Waals surface area contributed by atoms with Crippen LogP contribution in [0, 0.1) is 5.92 Å². The molecule has 0 saturated heterocycles. The van der Waals surface area contributed by atoms with E-state index in [1.807, 2.05) is 6.92 Å². The van der Waals surface area contributed by atoms with Crippen LogP contribution < -0.4 is 0 Å². The molecule has 0 radical (unpaired) electrons. The zero-order chi connectivity index (χ0) is 9.90. The second kappa shape index (κ2) is 4.07. The summed E-state index contributed by atoms with van der Waals surface area (Å²) in [4.78, 5) is 10.9. The van der Waals surface area contributed by atoms with Crippen LogP contribution in [0.15, 0.2) is 0 Å². The van der Waals surface area contributed by atoms with Crippen LogP contribution in [0.25, 0.3) is 0 Å². The molecule has 13 heavy (non-hydrogen) atoms. The fourth-order valence-corrected chi connectivity index (χ4v) is 1.75. The van der Waals surface area contributed by atoms with Crippen molar-refractivity contribution in [1.82, 2.24) is 0 Å². The molecule has 1 aliphatic rings. The number of rotatable bonds is 5. The molecule has 0 aromatic heterocycles. The first-order valence-corrected chi connectivity index (χ1v) is 4.59. The van der Waals surface area contributed by atoms with Crippen LogP contribution in [0.5, 0.6) is 0 Å². The van der Waals surface area contributed by atoms with E-state index in [0.717, 1.165) is 0 Å². The Morgan fingerprint density at radius 3 is 2.62 bits per heavy atom. The Morgan fingerprint density at radius 1 is 1.62 bits per heavy atom. The van der Waals surface area contributed by atoms with E-state index in [1.165, 1.54) is 0 Å². The van der Waals surface area contributed by atoms with Gasteiger partial charge in [0.2, 0.25) is 0 Å². The van der Waals surface area contributed by atoms with Gasteiger partial charge in [0.05, 0.1) is 6.61 Å². The topological polar surface area (TPSA) is 66.8 Å². The van der Waals surface area contributed by atoms with Gasteiger partial charge in [-0.1, -0.05) is 6.92 Å². The van der Waals surface area contributed by atoms with Crippen LogP contribution in [0.1, 0.15) is 26.2 Å². The van der Waals surface area contributed by atoms with Crippen LogP contribution in [0.4, 0.5) is 0 Å². The third-order valence-corrected chi connectivity index (χ3v) is 2.43. The maximum absolute atomic E-state index is 10.9. The Hall–Kier alpha value is -0.610. The predicted octanol–water partition coefficient (Wildman–Crippen LogP) is 0.639. The van der Waals surface area contributed by atoms with Gasteiger partial charge in [0, 0.05) is 6.61 Å². The molecular weight excluding hydrogens is 172 g/mol. The summed E-state index contributed by atoms with van der Waals surface area (Å²) in [6.45, 7) is 2.39. The first kappa shape index (κ1) is 10.5. The van der Waals surface area contributed by atoms with Crippen molar-refractivity contribution in [1.29, 1.82) is 0 Å². The van der Waals surface area contributed by atoms with Crippen molar-refractivity contribution >= 4 is 5.97 Å². The molecule has 1 rings (SSSR count). The minimum Gasteiger partial charge on any atom is -0.479 e. The van der Waals surface area contributed by atoms with E-state index in [4.69, 9.17) is 14.9 Å². The molecule has 0 heterocycles. The molecule has 1 fully saturated rings. The average Bonchev–Trinajstić information content (AvgIpc) is 2.00. The predicted molar refractivity (Wildman–Crippen MR) is 46.4 cm³/mol. The minimum atomic E-state index is -0.950. The lowest BCUT2D eigenvalue weighted by atomic mass is 9.72. The highest BCUT2D eigenvalue weighted by Crippen LogP contribution is 2.40. The van der Waals surface area contributed by atoms with Crippen LogP contribution in [0.3, 0.4) is 0 Å². The Balaban J connectivity index is 2.36. The monoisotopic (exact) mass is 188 g/mol. The first-order chi connectivity index (χ1) is 6.10. The highest BCUT2D eigenvalue weighted by Gasteiger charge is 2.49. The van der Waals surface area contributed by atoms with Crippen LogP contribution in [-0.2, 0) is 9.53 Å². The summed E-state index contributed by atoms with van der Waals surface area (Å²) in [7, 11) is 0. The number of ether oxygens (including phenoxy) is 1. The summed E-state index contributed by atoms with van der Waals surface area (Å²) in [6.07, 6.45) is 1.69. The van der Waals surface area contributed by atoms with Crippen LogP contribution >= 0.6 is 0 Å². The minimum absolute atomic E-state index is 0.0469. The summed E-state index contributed by atoms with van der Waals surface area (Å²) in [5.41, 5.74) is -0.950. The molecule has 0 amide bonds. The molecule has 2 N–H and O–H groups in total. The lowest BCUT2D eigenvalue weighted by molar-refractivity contribution is -0.186. The maximum atomic E-state index is 10.9. The van der Waals surface area contributed by atoms with E-state index in [1.54, 1.807) is 0 Å². The molecule has 0 aromatic rings. The van der Waals surface area contributed by atoms with E-state index in [0.29, 0.717) is 31.8 Å². The Kier molecular flexibility index (Phi) is 3.27. The van der Waals surface area contributed by atoms with Gasteiger partial charge < -0.3 is 14.9 Å². The van der Waals surface area contributed by atoms with Gasteiger partial charge >= 0.3 is 5.97 Å². The number of aliphatic carboxylic acids is 1. The molecule has 0 spiro atoms. The second-order valence-corrected chi connectivity index (χ2v) is 3.74. The summed E-state index contributed by atoms with van der Waals surface area (Å²) in [6, 6.07) is 0. The lowest BCUT2D eigenvalue weighted by Crippen LogP contribution is -2.52. The Morgan fingerprint density at radius 2 is 2.23 bits per heavy atom. The summed E-state index contributed by atoms with van der Waals surface area (Å²) >= 11 is 0. The maximum Gasteiger partial charge on any atom is 0.335 e. The number of aliphatic hydroxyl groups is 1. The lowest BCUT2D eigenvalue weighted by Gasteiger charge is -2.42. The van der Waals surface area contributed by atoms with Gasteiger partial charge in [-0.05, 0) is 25.2 Å². The Bertz CT molecular complexity index is 184. The van der Waals surface area contributed by atoms with E-state index in [9.17, 15) is 4.79 Å². The van der Waals surface area contributed by atoms with Gasteiger partial charge in [0.25, 0.3) is 0 Å². The molecule has 0 atom stereocenters. The third-order valence-electron chi connectivity index (χ3n) is 2.43. The standard InChI is InChI=1S/C9H16O4/c1-7-5-9(6-7,8(11)12)13-4-2-3-10/h7,10H,2-6H2,1H3,(H,11,12). The zero-order valence-electron chi connectivity index (χ0n) is 7.82. The summed E-state index contributed by atoms with van der Waals surface area (Å²) < 4.78 is 5.28. The number of carboxylic acids is 1. The van der Waals surface area contributed by atoms with Crippen molar-refractivity contribution in [3.8, 4) is 0 Å². The number of hydrogen-bond donors (Lipinski definition) is 2. The number of carboxylic acid groups (broad SMARTS) is 1. The van der Waals surface area contributed by atoms with E-state index in [2.05, 4.69) is 0 Å². The average molecular weight is 188 g/mol. The van der Waals surface area contributed by atoms with Gasteiger partial charge in [-0.2, -0.15) is 0 Å². The molecule has 0 bridgehead atoms. The molecule has 0 aromatic carbocycles. The highest BCUT2D eigenvalue weighted by atomic mass is 16.5. The third kappa shape index (κ3) is 2.19. The largest absolute Gasteiger partial charge is 0.479 e. The molecule has 1 aliphatic carbocycles. The molecule has 76 valence electrons. The van der Waals surface area contributed by atoms with Gasteiger partial charge in [-0.3, -0.25) is 0 Å². The van der Waals surface area contributed by atoms with Crippen LogP contribution in [-0.4, -0.2) is 35.0 Å². The SMILES string of the molecule is CC1CC(OCCCO)(C(=O)O)C1. The van der Waals surface area contributed by atoms with Crippen molar-refractivity contribution in [2.45, 2.75) is 31.8 Å². The van der Waals surface area contributed by atoms with Gasteiger partial charge in [0.1, 0.15) is 0 Å². The normalized spacial score (nSPS) is 32.6. The van der Waals surface area contributed by atoms with E-state index in [-0.39, 0.29) is 6.61 Å². The summed E-state index contributed by atoms with van der Waals surface area (Å²) in [5.74, 6) is -0.436. The van der Waals surface area contributed by atoms with E-state index >= 15 is 0 Å². The van der Waals surface area contributed by atoms with Gasteiger partial charge in [-0.25, -0.2) is 4.79 Å². The molecule has 1 saturated carbocycles. The molecule has 4 heteroatoms. The smallest absolute Gasteiger partial charge is 0.335 e. The van der Waals surface area contributed by atoms with Crippen molar-refractivity contribution in [2.24, 2.45) is 5.92 Å². The molecule has 4 nitrogen and oxygen atoms in total. The van der Waals surface area contributed by atoms with Crippen molar-refractivity contribution < 1.29 is 19.7 Å². The van der Waals surface area contributed by atoms with Crippen molar-refractivity contribution in [2.75, 3.05) is 13.2 Å². The van der Waals surface area contributed by atoms with Crippen molar-refractivity contribution in [3.63, 3.8) is 0 Å². The zero-order valence-corrected chi connectivity index (χ0v) is 7.82. The van der Waals surface area contributed by atoms with Gasteiger partial charge in [-0.15, -0.1) is 0 Å². The van der Waals surface area contributed by atoms with E-state index < -0.39 is 11.6 Å². The highest BCUT2D eigenvalue weighted by molar-refractivity contribution is 5.78. The number of aliphatic hydroxyl groups excluding tert-OH is 1. The molecule has 0 unspecified atom stereocenters. The number of carbonyl (C=O) groups is 1. The number of hydrogen-bond acceptors (Lipinski definition) is 3. The molecular formula is C9H16O4. The fraction of sp³-hybridized carbons (Fsp3) is 0.889. The summed E-state index contributed by atoms with van der Waals surface area (Å²) in [5, 5.41) is 17.4. The van der Waals surface area contributed by atoms with Gasteiger partial charge in [0.15, 0.2) is 5.60 Å². The second-order valence-electron chi connectivity index (χ2n) is 3.74. The van der Waals surface area contributed by atoms with Crippen LogP contribution in [0.2, 0.25) is 0 Å².